The van der Waals surface area contributed by atoms with Gasteiger partial charge in [0.15, 0.2) is 12.0 Å². The lowest BCUT2D eigenvalue weighted by molar-refractivity contribution is 0.668. The van der Waals surface area contributed by atoms with Crippen molar-refractivity contribution in [3.05, 3.63) is 150 Å². The smallest absolute Gasteiger partial charge is 0.170 e. The first-order valence-corrected chi connectivity index (χ1v) is 15.3. The number of hydrogen-bond acceptors (Lipinski definition) is 6. The maximum absolute atomic E-state index is 6.27. The van der Waals surface area contributed by atoms with Crippen LogP contribution in [0.2, 0.25) is 0 Å². The van der Waals surface area contributed by atoms with Crippen LogP contribution in [-0.2, 0) is 0 Å². The molecule has 9 aromatic rings. The minimum Gasteiger partial charge on any atom is -0.456 e. The number of aliphatic imine (C=N–C) groups is 2. The maximum atomic E-state index is 6.27. The molecule has 10 rings (SSSR count). The molecule has 0 radical (unpaired) electrons. The number of hydrogen-bond donors (Lipinski definition) is 1. The number of para-hydroxylation sites is 2. The van der Waals surface area contributed by atoms with Gasteiger partial charge in [-0.2, -0.15) is 0 Å². The Labute approximate surface area is 262 Å². The third-order valence-electron chi connectivity index (χ3n) is 8.99. The van der Waals surface area contributed by atoms with Gasteiger partial charge in [-0.3, -0.25) is 4.98 Å². The highest BCUT2D eigenvalue weighted by Gasteiger charge is 2.27. The van der Waals surface area contributed by atoms with E-state index in [1.165, 1.54) is 10.8 Å². The van der Waals surface area contributed by atoms with Crippen LogP contribution < -0.4 is 5.32 Å². The molecule has 0 aliphatic carbocycles. The van der Waals surface area contributed by atoms with Crippen LogP contribution in [-0.4, -0.2) is 16.7 Å². The molecule has 6 aromatic carbocycles. The van der Waals surface area contributed by atoms with Crippen molar-refractivity contribution >= 4 is 77.1 Å². The SMILES string of the molecule is c1ccc2c(c1)cc(C1N=C(c3cccc4oc5ccccc5c34)NC(c3nccc4oc5ccccc5c34)=N1)c1ccccc12. The Morgan fingerprint density at radius 2 is 1.11 bits per heavy atom. The summed E-state index contributed by atoms with van der Waals surface area (Å²) in [5.41, 5.74) is 5.89. The molecule has 6 nitrogen and oxygen atoms in total. The molecule has 1 aliphatic heterocycles. The summed E-state index contributed by atoms with van der Waals surface area (Å²) in [6, 6.07) is 43.4. The van der Waals surface area contributed by atoms with Gasteiger partial charge in [0.25, 0.3) is 0 Å². The lowest BCUT2D eigenvalue weighted by atomic mass is 9.95. The van der Waals surface area contributed by atoms with Crippen molar-refractivity contribution in [3.8, 4) is 0 Å². The lowest BCUT2D eigenvalue weighted by Crippen LogP contribution is -2.36. The summed E-state index contributed by atoms with van der Waals surface area (Å²) >= 11 is 0. The van der Waals surface area contributed by atoms with Crippen LogP contribution in [0, 0.1) is 0 Å². The minimum atomic E-state index is -0.538. The molecular formula is C40H24N4O2. The van der Waals surface area contributed by atoms with E-state index in [-0.39, 0.29) is 0 Å². The number of nitrogens with zero attached hydrogens (tertiary/aromatic N) is 3. The van der Waals surface area contributed by atoms with Crippen LogP contribution in [0.1, 0.15) is 23.0 Å². The van der Waals surface area contributed by atoms with Gasteiger partial charge in [0.05, 0.1) is 5.39 Å². The quantitative estimate of drug-likeness (QED) is 0.207. The second kappa shape index (κ2) is 9.61. The molecule has 4 heterocycles. The summed E-state index contributed by atoms with van der Waals surface area (Å²) in [5, 5.41) is 12.2. The van der Waals surface area contributed by atoms with Gasteiger partial charge >= 0.3 is 0 Å². The predicted octanol–water partition coefficient (Wildman–Crippen LogP) is 9.68. The fourth-order valence-electron chi connectivity index (χ4n) is 6.96. The molecule has 0 saturated heterocycles. The first-order valence-electron chi connectivity index (χ1n) is 15.3. The second-order valence-corrected chi connectivity index (χ2v) is 11.6. The molecule has 0 bridgehead atoms. The Bertz CT molecular complexity index is 2620. The highest BCUT2D eigenvalue weighted by atomic mass is 16.3. The number of benzene rings is 6. The number of amidine groups is 2. The number of furan rings is 2. The van der Waals surface area contributed by atoms with E-state index in [2.05, 4.69) is 78.1 Å². The summed E-state index contributed by atoms with van der Waals surface area (Å²) in [6.07, 6.45) is 1.24. The van der Waals surface area contributed by atoms with Crippen molar-refractivity contribution in [3.63, 3.8) is 0 Å². The van der Waals surface area contributed by atoms with Crippen molar-refractivity contribution in [2.24, 2.45) is 9.98 Å². The van der Waals surface area contributed by atoms with Crippen LogP contribution in [0.5, 0.6) is 0 Å². The van der Waals surface area contributed by atoms with Crippen molar-refractivity contribution in [1.82, 2.24) is 10.3 Å². The van der Waals surface area contributed by atoms with Crippen LogP contribution in [0.4, 0.5) is 0 Å². The van der Waals surface area contributed by atoms with E-state index in [9.17, 15) is 0 Å². The van der Waals surface area contributed by atoms with Gasteiger partial charge in [-0.15, -0.1) is 0 Å². The summed E-state index contributed by atoms with van der Waals surface area (Å²) in [6.45, 7) is 0. The van der Waals surface area contributed by atoms with Crippen molar-refractivity contribution in [2.45, 2.75) is 6.17 Å². The third kappa shape index (κ3) is 3.67. The molecule has 1 unspecified atom stereocenters. The largest absolute Gasteiger partial charge is 0.456 e. The average molecular weight is 593 g/mol. The van der Waals surface area contributed by atoms with Crippen LogP contribution >= 0.6 is 0 Å². The summed E-state index contributed by atoms with van der Waals surface area (Å²) < 4.78 is 12.5. The van der Waals surface area contributed by atoms with Gasteiger partial charge in [0, 0.05) is 33.5 Å². The predicted molar refractivity (Wildman–Crippen MR) is 186 cm³/mol. The number of fused-ring (bicyclic) bond motifs is 9. The van der Waals surface area contributed by atoms with Gasteiger partial charge in [0.2, 0.25) is 0 Å². The molecule has 1 atom stereocenters. The Morgan fingerprint density at radius 1 is 0.500 bits per heavy atom. The first kappa shape index (κ1) is 25.1. The van der Waals surface area contributed by atoms with E-state index in [0.29, 0.717) is 17.4 Å². The zero-order valence-corrected chi connectivity index (χ0v) is 24.4. The Kier molecular flexibility index (Phi) is 5.25. The topological polar surface area (TPSA) is 75.9 Å². The average Bonchev–Trinajstić information content (AvgIpc) is 3.70. The van der Waals surface area contributed by atoms with E-state index in [1.54, 1.807) is 6.20 Å². The fourth-order valence-corrected chi connectivity index (χ4v) is 6.96. The van der Waals surface area contributed by atoms with Gasteiger partial charge < -0.3 is 14.2 Å². The van der Waals surface area contributed by atoms with Crippen molar-refractivity contribution in [2.75, 3.05) is 0 Å². The fraction of sp³-hybridized carbons (Fsp3) is 0.0250. The van der Waals surface area contributed by atoms with E-state index in [1.807, 2.05) is 54.6 Å². The zero-order chi connectivity index (χ0) is 30.2. The molecule has 3 aromatic heterocycles. The Hall–Kier alpha value is -6.27. The third-order valence-corrected chi connectivity index (χ3v) is 8.99. The van der Waals surface area contributed by atoms with Crippen LogP contribution in [0.15, 0.2) is 152 Å². The van der Waals surface area contributed by atoms with Gasteiger partial charge in [0.1, 0.15) is 33.9 Å². The molecule has 0 fully saturated rings. The van der Waals surface area contributed by atoms with Crippen molar-refractivity contribution in [1.29, 1.82) is 0 Å². The first-order chi connectivity index (χ1) is 22.8. The molecule has 6 heteroatoms. The molecule has 1 N–H and O–H groups in total. The summed E-state index contributed by atoms with van der Waals surface area (Å²) in [4.78, 5) is 15.6. The molecule has 46 heavy (non-hydrogen) atoms. The van der Waals surface area contributed by atoms with E-state index >= 15 is 0 Å². The van der Waals surface area contributed by atoms with E-state index in [0.717, 1.165) is 65.8 Å². The Morgan fingerprint density at radius 3 is 1.91 bits per heavy atom. The summed E-state index contributed by atoms with van der Waals surface area (Å²) in [7, 11) is 0. The maximum Gasteiger partial charge on any atom is 0.170 e. The zero-order valence-electron chi connectivity index (χ0n) is 24.4. The number of pyridine rings is 1. The molecule has 0 saturated carbocycles. The molecule has 0 spiro atoms. The number of rotatable bonds is 3. The molecular weight excluding hydrogens is 568 g/mol. The monoisotopic (exact) mass is 592 g/mol. The Balaban J connectivity index is 1.27. The number of nitrogens with one attached hydrogen (secondary N) is 1. The molecule has 216 valence electrons. The lowest BCUT2D eigenvalue weighted by Gasteiger charge is -2.24. The minimum absolute atomic E-state index is 0.538. The molecule has 0 amide bonds. The standard InChI is InChI=1S/C40H24N4O2/c1-2-11-24-23(10-1)22-30(26-13-4-3-12-25(24)26)39-42-38(29-16-9-19-33-35(29)27-14-5-7-17-31(27)45-33)43-40(44-39)37-36-28-15-6-8-18-32(28)46-34(36)20-21-41-37/h1-22,39H,(H,42,43,44). The van der Waals surface area contributed by atoms with Gasteiger partial charge in [-0.1, -0.05) is 97.1 Å². The molecule has 1 aliphatic rings. The van der Waals surface area contributed by atoms with Crippen LogP contribution in [0.3, 0.4) is 0 Å². The van der Waals surface area contributed by atoms with Crippen molar-refractivity contribution < 1.29 is 8.83 Å². The number of aromatic nitrogens is 1. The van der Waals surface area contributed by atoms with E-state index < -0.39 is 6.17 Å². The van der Waals surface area contributed by atoms with Gasteiger partial charge in [-0.25, -0.2) is 9.98 Å². The van der Waals surface area contributed by atoms with E-state index in [4.69, 9.17) is 23.8 Å². The summed E-state index contributed by atoms with van der Waals surface area (Å²) in [5.74, 6) is 1.34. The second-order valence-electron chi connectivity index (χ2n) is 11.6. The normalized spacial score (nSPS) is 15.2. The van der Waals surface area contributed by atoms with Gasteiger partial charge in [-0.05, 0) is 51.9 Å². The highest BCUT2D eigenvalue weighted by molar-refractivity contribution is 6.26. The highest BCUT2D eigenvalue weighted by Crippen LogP contribution is 2.38. The van der Waals surface area contributed by atoms with Crippen LogP contribution in [0.25, 0.3) is 65.4 Å².